The molecule has 3 aromatic carbocycles. The first kappa shape index (κ1) is 31.3. The molecule has 246 valence electrons. The van der Waals surface area contributed by atoms with Crippen molar-refractivity contribution in [3.05, 3.63) is 87.6 Å². The first-order chi connectivity index (χ1) is 23.1. The number of fused-ring (bicyclic) bond motifs is 3. The summed E-state index contributed by atoms with van der Waals surface area (Å²) in [5.41, 5.74) is 0.0673. The van der Waals surface area contributed by atoms with E-state index in [0.29, 0.717) is 45.3 Å². The first-order valence-corrected chi connectivity index (χ1v) is 15.4. The molecular formula is C35H29ClFN3O8. The smallest absolute Gasteiger partial charge is 0.237 e. The van der Waals surface area contributed by atoms with Crippen LogP contribution in [0, 0.1) is 11.7 Å². The van der Waals surface area contributed by atoms with Gasteiger partial charge in [-0.1, -0.05) is 18.5 Å². The molecule has 13 heteroatoms. The van der Waals surface area contributed by atoms with Crippen LogP contribution in [0.5, 0.6) is 23.0 Å². The van der Waals surface area contributed by atoms with Gasteiger partial charge in [-0.25, -0.2) is 9.37 Å². The molecule has 3 heterocycles. The lowest BCUT2D eigenvalue weighted by Crippen LogP contribution is -2.56. The number of rotatable bonds is 8. The molecule has 11 nitrogen and oxygen atoms in total. The molecule has 2 aliphatic rings. The van der Waals surface area contributed by atoms with E-state index in [2.05, 4.69) is 15.3 Å². The van der Waals surface area contributed by atoms with Crippen molar-refractivity contribution < 1.29 is 42.1 Å². The molecule has 0 saturated carbocycles. The minimum atomic E-state index is -1.99. The number of hydrogen-bond acceptors (Lipinski definition) is 9. The molecule has 7 rings (SSSR count). The lowest BCUT2D eigenvalue weighted by atomic mass is 9.70. The summed E-state index contributed by atoms with van der Waals surface area (Å²) in [4.78, 5) is 49.9. The van der Waals surface area contributed by atoms with Crippen LogP contribution in [0.3, 0.4) is 0 Å². The van der Waals surface area contributed by atoms with Crippen molar-refractivity contribution in [2.45, 2.75) is 31.9 Å². The predicted molar refractivity (Wildman–Crippen MR) is 172 cm³/mol. The molecular weight excluding hydrogens is 645 g/mol. The number of nitrogens with one attached hydrogen (secondary N) is 2. The van der Waals surface area contributed by atoms with Gasteiger partial charge in [0.25, 0.3) is 0 Å². The minimum Gasteiger partial charge on any atom is -0.497 e. The lowest BCUT2D eigenvalue weighted by Gasteiger charge is -2.35. The Morgan fingerprint density at radius 2 is 1.77 bits per heavy atom. The fraction of sp³-hybridized carbons (Fsp3) is 0.257. The van der Waals surface area contributed by atoms with Crippen molar-refractivity contribution in [3.8, 4) is 34.3 Å². The monoisotopic (exact) mass is 673 g/mol. The number of Topliss-reactive ketones (excluding diaryl/α,β-unsaturated/α-hetero) is 2. The molecule has 1 aliphatic heterocycles. The van der Waals surface area contributed by atoms with Crippen LogP contribution in [0.2, 0.25) is 5.02 Å². The third kappa shape index (κ3) is 4.78. The zero-order valence-corrected chi connectivity index (χ0v) is 27.0. The molecule has 0 saturated heterocycles. The van der Waals surface area contributed by atoms with Gasteiger partial charge in [-0.2, -0.15) is 0 Å². The number of nitrogens with zero attached hydrogens (tertiary/aromatic N) is 1. The van der Waals surface area contributed by atoms with E-state index in [9.17, 15) is 18.8 Å². The summed E-state index contributed by atoms with van der Waals surface area (Å²) < 4.78 is 42.5. The molecule has 0 bridgehead atoms. The van der Waals surface area contributed by atoms with E-state index in [1.807, 2.05) is 0 Å². The maximum Gasteiger partial charge on any atom is 0.237 e. The third-order valence-electron chi connectivity index (χ3n) is 8.88. The number of ether oxygens (including phenoxy) is 4. The fourth-order valence-corrected chi connectivity index (χ4v) is 6.76. The van der Waals surface area contributed by atoms with Gasteiger partial charge >= 0.3 is 0 Å². The van der Waals surface area contributed by atoms with Crippen molar-refractivity contribution in [3.63, 3.8) is 0 Å². The normalized spacial score (nSPS) is 18.1. The van der Waals surface area contributed by atoms with Crippen molar-refractivity contribution in [1.82, 2.24) is 15.3 Å². The number of aromatic nitrogens is 2. The van der Waals surface area contributed by atoms with Crippen LogP contribution in [-0.2, 0) is 24.2 Å². The van der Waals surface area contributed by atoms with Crippen LogP contribution in [0.1, 0.15) is 44.8 Å². The van der Waals surface area contributed by atoms with E-state index < -0.39 is 34.8 Å². The Kier molecular flexibility index (Phi) is 7.62. The summed E-state index contributed by atoms with van der Waals surface area (Å²) >= 11 is 6.60. The number of amides is 1. The number of carbonyl (C=O) groups excluding carboxylic acids is 3. The van der Waals surface area contributed by atoms with Crippen molar-refractivity contribution in [1.29, 1.82) is 0 Å². The summed E-state index contributed by atoms with van der Waals surface area (Å²) in [7, 11) is 4.35. The molecule has 2 unspecified atom stereocenters. The van der Waals surface area contributed by atoms with Gasteiger partial charge < -0.3 is 33.7 Å². The largest absolute Gasteiger partial charge is 0.497 e. The molecule has 2 atom stereocenters. The Hall–Kier alpha value is -5.36. The first-order valence-electron chi connectivity index (χ1n) is 15.0. The van der Waals surface area contributed by atoms with Crippen LogP contribution in [-0.4, -0.2) is 54.4 Å². The summed E-state index contributed by atoms with van der Waals surface area (Å²) in [6.45, 7) is 1.74. The van der Waals surface area contributed by atoms with Crippen LogP contribution < -0.4 is 24.3 Å². The Bertz CT molecular complexity index is 2140. The van der Waals surface area contributed by atoms with E-state index in [4.69, 9.17) is 35.0 Å². The van der Waals surface area contributed by atoms with Crippen LogP contribution in [0.4, 0.5) is 4.39 Å². The van der Waals surface area contributed by atoms with Gasteiger partial charge in [-0.15, -0.1) is 0 Å². The minimum absolute atomic E-state index is 0.00889. The Morgan fingerprint density at radius 3 is 2.48 bits per heavy atom. The highest BCUT2D eigenvalue weighted by atomic mass is 35.5. The lowest BCUT2D eigenvalue weighted by molar-refractivity contribution is -0.120. The number of imidazole rings is 1. The molecule has 0 fully saturated rings. The number of ketones is 2. The number of methoxy groups -OCH3 is 3. The topological polar surface area (TPSA) is 142 Å². The van der Waals surface area contributed by atoms with E-state index in [0.717, 1.165) is 0 Å². The zero-order valence-electron chi connectivity index (χ0n) is 26.3. The second kappa shape index (κ2) is 11.7. The zero-order chi connectivity index (χ0) is 33.9. The van der Waals surface area contributed by atoms with Gasteiger partial charge in [0, 0.05) is 29.5 Å². The van der Waals surface area contributed by atoms with Gasteiger partial charge in [-0.05, 0) is 42.5 Å². The highest BCUT2D eigenvalue weighted by molar-refractivity contribution is 6.36. The van der Waals surface area contributed by atoms with Gasteiger partial charge in [0.1, 0.15) is 51.0 Å². The molecule has 2 N–H and O–H groups in total. The van der Waals surface area contributed by atoms with Gasteiger partial charge in [0.05, 0.1) is 50.9 Å². The molecule has 48 heavy (non-hydrogen) atoms. The Labute approximate surface area is 278 Å². The van der Waals surface area contributed by atoms with E-state index in [-0.39, 0.29) is 52.8 Å². The third-order valence-corrected chi connectivity index (χ3v) is 9.24. The average Bonchev–Trinajstić information content (AvgIpc) is 3.75. The maximum absolute atomic E-state index is 14.7. The second-order valence-corrected chi connectivity index (χ2v) is 12.0. The second-order valence-electron chi connectivity index (χ2n) is 11.6. The average molecular weight is 674 g/mol. The maximum atomic E-state index is 14.7. The molecule has 1 aliphatic carbocycles. The van der Waals surface area contributed by atoms with E-state index in [1.165, 1.54) is 38.5 Å². The Balaban J connectivity index is 1.28. The number of hydrogen-bond donors (Lipinski definition) is 2. The summed E-state index contributed by atoms with van der Waals surface area (Å²) in [6.07, 6.45) is -0.123. The van der Waals surface area contributed by atoms with Crippen molar-refractivity contribution >= 4 is 40.1 Å². The number of benzene rings is 3. The number of H-pyrrole nitrogens is 1. The standard InChI is InChI=1S/C35H29ClFN3O8/c1-16-11-24-28(33(42)35(16)34(43)29-23(45-3)14-25(46-4)30(36)32(29)48-35)20(31(47-24)17-5-8-19(44-2)9-6-17)13-27(41)38-15-26-39-21-10-7-18(37)12-22(21)40-26/h5-10,12,14,16H,11,13,15H2,1-4H3,(H,38,41)(H,39,40). The van der Waals surface area contributed by atoms with Gasteiger partial charge in [0.2, 0.25) is 23.1 Å². The Morgan fingerprint density at radius 1 is 1.04 bits per heavy atom. The van der Waals surface area contributed by atoms with Crippen molar-refractivity contribution in [2.24, 2.45) is 5.92 Å². The summed E-state index contributed by atoms with van der Waals surface area (Å²) in [6, 6.07) is 12.6. The number of furan rings is 1. The fourth-order valence-electron chi connectivity index (χ4n) is 6.50. The summed E-state index contributed by atoms with van der Waals surface area (Å²) in [5.74, 6) is -0.796. The highest BCUT2D eigenvalue weighted by Crippen LogP contribution is 2.54. The van der Waals surface area contributed by atoms with E-state index in [1.54, 1.807) is 38.3 Å². The number of carbonyl (C=O) groups is 3. The van der Waals surface area contributed by atoms with Crippen LogP contribution in [0.25, 0.3) is 22.4 Å². The SMILES string of the molecule is COc1ccc(-c2oc3c(c2CC(=O)NCc2nc4ccc(F)cc4[nH]2)C(=O)C2(Oc4c(Cl)c(OC)cc(OC)c4C2=O)C(C)C3)cc1. The molecule has 1 amide bonds. The van der Waals surface area contributed by atoms with Crippen LogP contribution in [0.15, 0.2) is 52.9 Å². The molecule has 2 aromatic heterocycles. The summed E-state index contributed by atoms with van der Waals surface area (Å²) in [5, 5.41) is 2.84. The van der Waals surface area contributed by atoms with Gasteiger partial charge in [0.15, 0.2) is 5.75 Å². The highest BCUT2D eigenvalue weighted by Gasteiger charge is 2.63. The predicted octanol–water partition coefficient (Wildman–Crippen LogP) is 5.89. The molecule has 1 spiro atoms. The number of aromatic amines is 1. The molecule has 0 radical (unpaired) electrons. The number of halogens is 2. The quantitative estimate of drug-likeness (QED) is 0.193. The molecule has 5 aromatic rings. The van der Waals surface area contributed by atoms with Crippen LogP contribution >= 0.6 is 11.6 Å². The van der Waals surface area contributed by atoms with Crippen molar-refractivity contribution in [2.75, 3.05) is 21.3 Å². The van der Waals surface area contributed by atoms with E-state index >= 15 is 0 Å². The van der Waals surface area contributed by atoms with Gasteiger partial charge in [-0.3, -0.25) is 14.4 Å².